The summed E-state index contributed by atoms with van der Waals surface area (Å²) < 4.78 is 3.98. The lowest BCUT2D eigenvalue weighted by atomic mass is 10.1. The fourth-order valence-electron chi connectivity index (χ4n) is 1.55. The summed E-state index contributed by atoms with van der Waals surface area (Å²) in [6, 6.07) is 0. The molecule has 0 spiro atoms. The quantitative estimate of drug-likeness (QED) is 0.692. The van der Waals surface area contributed by atoms with Crippen molar-refractivity contribution in [1.82, 2.24) is 14.3 Å². The predicted octanol–water partition coefficient (Wildman–Crippen LogP) is 0.539. The van der Waals surface area contributed by atoms with E-state index in [1.807, 2.05) is 0 Å². The van der Waals surface area contributed by atoms with Gasteiger partial charge in [-0.1, -0.05) is 0 Å². The fraction of sp³-hybridized carbons (Fsp3) is 0.714. The molecule has 1 aromatic rings. The Morgan fingerprint density at radius 3 is 3.00 bits per heavy atom. The average molecular weight is 184 g/mol. The number of nitrogens with zero attached hydrogens (tertiary/aromatic N) is 3. The van der Waals surface area contributed by atoms with Gasteiger partial charge in [0.15, 0.2) is 0 Å². The average Bonchev–Trinajstić information content (AvgIpc) is 2.58. The van der Waals surface area contributed by atoms with E-state index in [9.17, 15) is 0 Å². The van der Waals surface area contributed by atoms with Crippen LogP contribution in [0.3, 0.4) is 0 Å². The molecule has 66 valence electrons. The molecule has 1 aliphatic heterocycles. The zero-order valence-corrected chi connectivity index (χ0v) is 7.84. The van der Waals surface area contributed by atoms with Crippen molar-refractivity contribution in [3.8, 4) is 0 Å². The highest BCUT2D eigenvalue weighted by atomic mass is 32.1. The molecule has 1 saturated heterocycles. The maximum absolute atomic E-state index is 5.46. The molecule has 0 aliphatic carbocycles. The largest absolute Gasteiger partial charge is 0.367 e. The second-order valence-corrected chi connectivity index (χ2v) is 4.02. The van der Waals surface area contributed by atoms with Crippen molar-refractivity contribution >= 4 is 17.5 Å². The number of nitrogens with two attached hydrogens (primary N) is 1. The Kier molecular flexibility index (Phi) is 1.98. The van der Waals surface area contributed by atoms with Crippen molar-refractivity contribution in [1.29, 1.82) is 0 Å². The number of hydrogen-bond donors (Lipinski definition) is 1. The standard InChI is InChI=1S/C7H12N4S/c1-11-3-2-5(4-11)6-9-7(8)10-12-6/h5H,2-4H2,1H3,(H2,8,10). The van der Waals surface area contributed by atoms with Gasteiger partial charge in [0.2, 0.25) is 5.95 Å². The number of nitrogen functional groups attached to an aromatic ring is 1. The minimum atomic E-state index is 0.421. The van der Waals surface area contributed by atoms with Crippen molar-refractivity contribution in [2.45, 2.75) is 12.3 Å². The maximum Gasteiger partial charge on any atom is 0.232 e. The molecule has 0 radical (unpaired) electrons. The van der Waals surface area contributed by atoms with Crippen molar-refractivity contribution in [2.24, 2.45) is 0 Å². The molecule has 2 N–H and O–H groups in total. The molecular weight excluding hydrogens is 172 g/mol. The molecule has 12 heavy (non-hydrogen) atoms. The second kappa shape index (κ2) is 2.99. The van der Waals surface area contributed by atoms with Gasteiger partial charge in [0.05, 0.1) is 0 Å². The van der Waals surface area contributed by atoms with Crippen molar-refractivity contribution < 1.29 is 0 Å². The molecule has 1 aromatic heterocycles. The summed E-state index contributed by atoms with van der Waals surface area (Å²) in [7, 11) is 2.13. The lowest BCUT2D eigenvalue weighted by Crippen LogP contribution is -2.13. The van der Waals surface area contributed by atoms with E-state index in [0.29, 0.717) is 11.9 Å². The highest BCUT2D eigenvalue weighted by Crippen LogP contribution is 2.27. The highest BCUT2D eigenvalue weighted by molar-refractivity contribution is 7.05. The van der Waals surface area contributed by atoms with Crippen LogP contribution in [0.2, 0.25) is 0 Å². The van der Waals surface area contributed by atoms with Crippen LogP contribution in [0.25, 0.3) is 0 Å². The van der Waals surface area contributed by atoms with E-state index in [4.69, 9.17) is 5.73 Å². The SMILES string of the molecule is CN1CCC(c2nc(N)ns2)C1. The first-order valence-electron chi connectivity index (χ1n) is 4.03. The molecule has 2 rings (SSSR count). The van der Waals surface area contributed by atoms with Crippen LogP contribution in [0.1, 0.15) is 17.3 Å². The van der Waals surface area contributed by atoms with Crippen LogP contribution >= 0.6 is 11.5 Å². The first-order chi connectivity index (χ1) is 5.75. The molecule has 0 aromatic carbocycles. The Bertz CT molecular complexity index is 272. The number of likely N-dealkylation sites (N-methyl/N-ethyl adjacent to an activating group) is 1. The summed E-state index contributed by atoms with van der Waals surface area (Å²) >= 11 is 1.44. The molecule has 0 amide bonds. The summed E-state index contributed by atoms with van der Waals surface area (Å²) in [6.45, 7) is 2.25. The third-order valence-corrected chi connectivity index (χ3v) is 3.09. The van der Waals surface area contributed by atoms with E-state index >= 15 is 0 Å². The van der Waals surface area contributed by atoms with Gasteiger partial charge in [-0.05, 0) is 31.5 Å². The number of anilines is 1. The summed E-state index contributed by atoms with van der Waals surface area (Å²) in [4.78, 5) is 6.49. The van der Waals surface area contributed by atoms with Crippen LogP contribution in [-0.2, 0) is 0 Å². The lowest BCUT2D eigenvalue weighted by Gasteiger charge is -2.05. The molecule has 1 atom stereocenters. The zero-order chi connectivity index (χ0) is 8.55. The monoisotopic (exact) mass is 184 g/mol. The number of rotatable bonds is 1. The Labute approximate surface area is 75.6 Å². The van der Waals surface area contributed by atoms with Gasteiger partial charge >= 0.3 is 0 Å². The Balaban J connectivity index is 2.11. The first kappa shape index (κ1) is 7.94. The smallest absolute Gasteiger partial charge is 0.232 e. The highest BCUT2D eigenvalue weighted by Gasteiger charge is 2.23. The first-order valence-corrected chi connectivity index (χ1v) is 4.80. The summed E-state index contributed by atoms with van der Waals surface area (Å²) in [5.41, 5.74) is 5.46. The minimum Gasteiger partial charge on any atom is -0.367 e. The van der Waals surface area contributed by atoms with Crippen LogP contribution < -0.4 is 5.73 Å². The van der Waals surface area contributed by atoms with Gasteiger partial charge in [-0.15, -0.1) is 0 Å². The van der Waals surface area contributed by atoms with E-state index in [0.717, 1.165) is 18.1 Å². The van der Waals surface area contributed by atoms with Crippen LogP contribution in [0, 0.1) is 0 Å². The molecule has 5 heteroatoms. The number of aromatic nitrogens is 2. The molecule has 1 fully saturated rings. The zero-order valence-electron chi connectivity index (χ0n) is 7.03. The molecule has 0 bridgehead atoms. The summed E-state index contributed by atoms with van der Waals surface area (Å²) in [5.74, 6) is 0.981. The number of hydrogen-bond acceptors (Lipinski definition) is 5. The van der Waals surface area contributed by atoms with Crippen LogP contribution in [0.15, 0.2) is 0 Å². The van der Waals surface area contributed by atoms with Gasteiger partial charge in [0, 0.05) is 12.5 Å². The van der Waals surface area contributed by atoms with Crippen LogP contribution in [0.5, 0.6) is 0 Å². The molecule has 4 nitrogen and oxygen atoms in total. The van der Waals surface area contributed by atoms with E-state index in [2.05, 4.69) is 21.3 Å². The fourth-order valence-corrected chi connectivity index (χ4v) is 2.25. The summed E-state index contributed by atoms with van der Waals surface area (Å²) in [5, 5.41) is 1.09. The molecular formula is C7H12N4S. The van der Waals surface area contributed by atoms with Crippen LogP contribution in [-0.4, -0.2) is 34.4 Å². The normalized spacial score (nSPS) is 24.9. The van der Waals surface area contributed by atoms with E-state index in [1.54, 1.807) is 0 Å². The van der Waals surface area contributed by atoms with E-state index < -0.39 is 0 Å². The minimum absolute atomic E-state index is 0.421. The number of likely N-dealkylation sites (tertiary alicyclic amines) is 1. The molecule has 2 heterocycles. The van der Waals surface area contributed by atoms with Gasteiger partial charge in [0.25, 0.3) is 0 Å². The summed E-state index contributed by atoms with van der Waals surface area (Å²) in [6.07, 6.45) is 1.19. The van der Waals surface area contributed by atoms with Gasteiger partial charge in [-0.2, -0.15) is 4.37 Å². The van der Waals surface area contributed by atoms with Crippen molar-refractivity contribution in [2.75, 3.05) is 25.9 Å². The van der Waals surface area contributed by atoms with Crippen molar-refractivity contribution in [3.63, 3.8) is 0 Å². The molecule has 1 unspecified atom stereocenters. The maximum atomic E-state index is 5.46. The molecule has 0 saturated carbocycles. The Morgan fingerprint density at radius 2 is 2.50 bits per heavy atom. The third kappa shape index (κ3) is 1.42. The predicted molar refractivity (Wildman–Crippen MR) is 49.2 cm³/mol. The second-order valence-electron chi connectivity index (χ2n) is 3.24. The van der Waals surface area contributed by atoms with Gasteiger partial charge < -0.3 is 10.6 Å². The Morgan fingerprint density at radius 1 is 1.67 bits per heavy atom. The Hall–Kier alpha value is -0.680. The lowest BCUT2D eigenvalue weighted by molar-refractivity contribution is 0.411. The topological polar surface area (TPSA) is 55.0 Å². The van der Waals surface area contributed by atoms with Gasteiger partial charge in [-0.3, -0.25) is 0 Å². The third-order valence-electron chi connectivity index (χ3n) is 2.20. The van der Waals surface area contributed by atoms with Gasteiger partial charge in [-0.25, -0.2) is 4.98 Å². The van der Waals surface area contributed by atoms with Gasteiger partial charge in [0.1, 0.15) is 5.01 Å². The van der Waals surface area contributed by atoms with E-state index in [-0.39, 0.29) is 0 Å². The molecule has 1 aliphatic rings. The van der Waals surface area contributed by atoms with Crippen molar-refractivity contribution in [3.05, 3.63) is 5.01 Å². The van der Waals surface area contributed by atoms with E-state index in [1.165, 1.54) is 18.0 Å². The van der Waals surface area contributed by atoms with Crippen LogP contribution in [0.4, 0.5) is 5.95 Å².